The van der Waals surface area contributed by atoms with Crippen LogP contribution in [0.2, 0.25) is 0 Å². The molecule has 0 atom stereocenters. The molecule has 0 spiro atoms. The third-order valence-electron chi connectivity index (χ3n) is 3.98. The monoisotopic (exact) mass is 333 g/mol. The molecule has 0 radical (unpaired) electrons. The number of carbonyl (C=O) groups excluding carboxylic acids is 2. The topological polar surface area (TPSA) is 59.2 Å². The van der Waals surface area contributed by atoms with Crippen molar-refractivity contribution in [1.82, 2.24) is 4.98 Å². The largest absolute Gasteiger partial charge is 0.461 e. The molecule has 0 bridgehead atoms. The van der Waals surface area contributed by atoms with E-state index in [0.29, 0.717) is 23.6 Å². The first-order chi connectivity index (χ1) is 12.1. The maximum atomic E-state index is 12.4. The highest BCUT2D eigenvalue weighted by molar-refractivity contribution is 6.09. The van der Waals surface area contributed by atoms with Crippen LogP contribution in [0, 0.1) is 6.92 Å². The summed E-state index contributed by atoms with van der Waals surface area (Å²) < 4.78 is 4.95. The standard InChI is InChI=1S/C21H19NO3/c1-3-25-21(24)19-13-18(14(2)22-19)20(23)11-9-15-8-10-16-6-4-5-7-17(16)12-15/h4-13,22H,3H2,1-2H3/b11-9+. The number of carbonyl (C=O) groups is 2. The van der Waals surface area contributed by atoms with Crippen molar-refractivity contribution in [2.45, 2.75) is 13.8 Å². The Hall–Kier alpha value is -3.14. The SMILES string of the molecule is CCOC(=O)c1cc(C(=O)/C=C/c2ccc3ccccc3c2)c(C)[nH]1. The van der Waals surface area contributed by atoms with Gasteiger partial charge in [-0.25, -0.2) is 4.79 Å². The summed E-state index contributed by atoms with van der Waals surface area (Å²) in [6, 6.07) is 15.6. The van der Waals surface area contributed by atoms with Crippen LogP contribution in [-0.2, 0) is 4.74 Å². The van der Waals surface area contributed by atoms with Crippen LogP contribution in [0.1, 0.15) is 39.0 Å². The van der Waals surface area contributed by atoms with Gasteiger partial charge in [-0.05, 0) is 48.4 Å². The number of aromatic amines is 1. The molecule has 0 saturated heterocycles. The maximum Gasteiger partial charge on any atom is 0.354 e. The van der Waals surface area contributed by atoms with Crippen LogP contribution >= 0.6 is 0 Å². The minimum Gasteiger partial charge on any atom is -0.461 e. The number of aromatic nitrogens is 1. The van der Waals surface area contributed by atoms with Crippen LogP contribution in [0.4, 0.5) is 0 Å². The molecule has 1 N–H and O–H groups in total. The molecule has 1 aromatic heterocycles. The summed E-state index contributed by atoms with van der Waals surface area (Å²) in [7, 11) is 0. The van der Waals surface area contributed by atoms with E-state index < -0.39 is 5.97 Å². The van der Waals surface area contributed by atoms with Gasteiger partial charge < -0.3 is 9.72 Å². The molecular weight excluding hydrogens is 314 g/mol. The van der Waals surface area contributed by atoms with E-state index in [2.05, 4.69) is 4.98 Å². The van der Waals surface area contributed by atoms with Crippen molar-refractivity contribution in [2.24, 2.45) is 0 Å². The highest BCUT2D eigenvalue weighted by Gasteiger charge is 2.15. The Morgan fingerprint density at radius 1 is 1.08 bits per heavy atom. The van der Waals surface area contributed by atoms with Crippen molar-refractivity contribution in [1.29, 1.82) is 0 Å². The summed E-state index contributed by atoms with van der Waals surface area (Å²) in [6.45, 7) is 3.80. The van der Waals surface area contributed by atoms with Gasteiger partial charge in [0.05, 0.1) is 6.61 Å². The molecule has 0 amide bonds. The number of rotatable bonds is 5. The van der Waals surface area contributed by atoms with E-state index in [4.69, 9.17) is 4.74 Å². The van der Waals surface area contributed by atoms with E-state index in [-0.39, 0.29) is 5.78 Å². The Morgan fingerprint density at radius 3 is 2.60 bits per heavy atom. The first kappa shape index (κ1) is 16.7. The smallest absolute Gasteiger partial charge is 0.354 e. The summed E-state index contributed by atoms with van der Waals surface area (Å²) in [5.41, 5.74) is 2.36. The van der Waals surface area contributed by atoms with Crippen LogP contribution in [0.25, 0.3) is 16.8 Å². The molecule has 3 aromatic rings. The maximum absolute atomic E-state index is 12.4. The number of benzene rings is 2. The second-order valence-electron chi connectivity index (χ2n) is 5.75. The molecule has 0 unspecified atom stereocenters. The van der Waals surface area contributed by atoms with E-state index in [0.717, 1.165) is 16.3 Å². The molecule has 25 heavy (non-hydrogen) atoms. The van der Waals surface area contributed by atoms with E-state index in [1.807, 2.05) is 42.5 Å². The number of allylic oxidation sites excluding steroid dienone is 1. The zero-order valence-corrected chi connectivity index (χ0v) is 14.2. The van der Waals surface area contributed by atoms with Crippen molar-refractivity contribution in [3.8, 4) is 0 Å². The minimum atomic E-state index is -0.455. The molecule has 126 valence electrons. The molecule has 0 saturated carbocycles. The van der Waals surface area contributed by atoms with Crippen LogP contribution < -0.4 is 0 Å². The fraction of sp³-hybridized carbons (Fsp3) is 0.143. The van der Waals surface area contributed by atoms with E-state index in [1.165, 1.54) is 6.08 Å². The minimum absolute atomic E-state index is 0.155. The van der Waals surface area contributed by atoms with Crippen LogP contribution in [0.15, 0.2) is 54.6 Å². The quantitative estimate of drug-likeness (QED) is 0.423. The van der Waals surface area contributed by atoms with Crippen molar-refractivity contribution in [2.75, 3.05) is 6.61 Å². The summed E-state index contributed by atoms with van der Waals surface area (Å²) in [5, 5.41) is 2.28. The zero-order chi connectivity index (χ0) is 17.8. The second-order valence-corrected chi connectivity index (χ2v) is 5.75. The van der Waals surface area contributed by atoms with Gasteiger partial charge in [-0.15, -0.1) is 0 Å². The van der Waals surface area contributed by atoms with Crippen molar-refractivity contribution >= 4 is 28.6 Å². The van der Waals surface area contributed by atoms with E-state index in [9.17, 15) is 9.59 Å². The molecular formula is C21H19NO3. The lowest BCUT2D eigenvalue weighted by atomic mass is 10.1. The van der Waals surface area contributed by atoms with Gasteiger partial charge in [-0.1, -0.05) is 42.5 Å². The Balaban J connectivity index is 1.81. The molecule has 0 aliphatic rings. The lowest BCUT2D eigenvalue weighted by Gasteiger charge is -1.99. The van der Waals surface area contributed by atoms with Gasteiger partial charge in [0.1, 0.15) is 5.69 Å². The average Bonchev–Trinajstić information content (AvgIpc) is 3.02. The summed E-state index contributed by atoms with van der Waals surface area (Å²) in [4.78, 5) is 27.1. The number of fused-ring (bicyclic) bond motifs is 1. The van der Waals surface area contributed by atoms with Crippen molar-refractivity contribution in [3.63, 3.8) is 0 Å². The molecule has 4 heteroatoms. The summed E-state index contributed by atoms with van der Waals surface area (Å²) in [6.07, 6.45) is 3.31. The highest BCUT2D eigenvalue weighted by Crippen LogP contribution is 2.18. The molecule has 0 aliphatic carbocycles. The normalized spacial score (nSPS) is 11.1. The predicted molar refractivity (Wildman–Crippen MR) is 98.8 cm³/mol. The fourth-order valence-electron chi connectivity index (χ4n) is 2.71. The summed E-state index contributed by atoms with van der Waals surface area (Å²) >= 11 is 0. The molecule has 4 nitrogen and oxygen atoms in total. The number of nitrogens with one attached hydrogen (secondary N) is 1. The molecule has 0 fully saturated rings. The first-order valence-corrected chi connectivity index (χ1v) is 8.16. The number of hydrogen-bond acceptors (Lipinski definition) is 3. The Labute approximate surface area is 146 Å². The van der Waals surface area contributed by atoms with Gasteiger partial charge in [-0.2, -0.15) is 0 Å². The fourth-order valence-corrected chi connectivity index (χ4v) is 2.71. The molecule has 2 aromatic carbocycles. The number of ketones is 1. The molecule has 1 heterocycles. The van der Waals surface area contributed by atoms with Gasteiger partial charge in [0, 0.05) is 11.3 Å². The third kappa shape index (κ3) is 3.69. The van der Waals surface area contributed by atoms with Gasteiger partial charge in [-0.3, -0.25) is 4.79 Å². The molecule has 3 rings (SSSR count). The van der Waals surface area contributed by atoms with Gasteiger partial charge in [0.2, 0.25) is 0 Å². The predicted octanol–water partition coefficient (Wildman–Crippen LogP) is 4.55. The zero-order valence-electron chi connectivity index (χ0n) is 14.2. The van der Waals surface area contributed by atoms with Crippen LogP contribution in [0.3, 0.4) is 0 Å². The number of aryl methyl sites for hydroxylation is 1. The van der Waals surface area contributed by atoms with Gasteiger partial charge in [0.25, 0.3) is 0 Å². The van der Waals surface area contributed by atoms with E-state index >= 15 is 0 Å². The summed E-state index contributed by atoms with van der Waals surface area (Å²) in [5.74, 6) is -0.611. The van der Waals surface area contributed by atoms with Crippen LogP contribution in [-0.4, -0.2) is 23.3 Å². The van der Waals surface area contributed by atoms with E-state index in [1.54, 1.807) is 26.0 Å². The first-order valence-electron chi connectivity index (χ1n) is 8.16. The lowest BCUT2D eigenvalue weighted by molar-refractivity contribution is 0.0520. The second kappa shape index (κ2) is 7.18. The average molecular weight is 333 g/mol. The van der Waals surface area contributed by atoms with Gasteiger partial charge in [0.15, 0.2) is 5.78 Å². The number of ether oxygens (including phenoxy) is 1. The van der Waals surface area contributed by atoms with Crippen molar-refractivity contribution in [3.05, 3.63) is 77.1 Å². The Kier molecular flexibility index (Phi) is 4.80. The number of hydrogen-bond donors (Lipinski definition) is 1. The highest BCUT2D eigenvalue weighted by atomic mass is 16.5. The van der Waals surface area contributed by atoms with Crippen LogP contribution in [0.5, 0.6) is 0 Å². The Bertz CT molecular complexity index is 966. The number of esters is 1. The van der Waals surface area contributed by atoms with Gasteiger partial charge >= 0.3 is 5.97 Å². The third-order valence-corrected chi connectivity index (χ3v) is 3.98. The van der Waals surface area contributed by atoms with Crippen molar-refractivity contribution < 1.29 is 14.3 Å². The number of H-pyrrole nitrogens is 1. The lowest BCUT2D eigenvalue weighted by Crippen LogP contribution is -2.04. The Morgan fingerprint density at radius 2 is 1.84 bits per heavy atom. The molecule has 0 aliphatic heterocycles.